The molecule has 5 nitrogen and oxygen atoms in total. The summed E-state index contributed by atoms with van der Waals surface area (Å²) < 4.78 is 5.19. The Morgan fingerprint density at radius 2 is 2.24 bits per heavy atom. The quantitative estimate of drug-likeness (QED) is 0.609. The number of hydrogen-bond donors (Lipinski definition) is 1. The Kier molecular flexibility index (Phi) is 5.47. The van der Waals surface area contributed by atoms with Gasteiger partial charge in [-0.25, -0.2) is 4.79 Å². The van der Waals surface area contributed by atoms with Crippen LogP contribution in [0.25, 0.3) is 0 Å². The number of amides is 1. The second-order valence-electron chi connectivity index (χ2n) is 4.29. The van der Waals surface area contributed by atoms with Crippen LogP contribution in [0.15, 0.2) is 0 Å². The highest BCUT2D eigenvalue weighted by Gasteiger charge is 2.28. The lowest BCUT2D eigenvalue weighted by Gasteiger charge is -2.39. The third-order valence-corrected chi connectivity index (χ3v) is 3.16. The van der Waals surface area contributed by atoms with Gasteiger partial charge in [0, 0.05) is 25.7 Å². The molecule has 0 aromatic carbocycles. The first-order valence-corrected chi connectivity index (χ1v) is 6.44. The Bertz CT molecular complexity index is 286. The monoisotopic (exact) mass is 259 g/mol. The van der Waals surface area contributed by atoms with Gasteiger partial charge in [0.05, 0.1) is 6.61 Å². The third kappa shape index (κ3) is 4.03. The SMILES string of the molecule is CCCCOC(=O)N1CCN(C(N)=S)CC1C. The van der Waals surface area contributed by atoms with E-state index in [1.165, 1.54) is 0 Å². The van der Waals surface area contributed by atoms with Gasteiger partial charge >= 0.3 is 6.09 Å². The molecule has 0 aromatic rings. The fraction of sp³-hybridized carbons (Fsp3) is 0.818. The largest absolute Gasteiger partial charge is 0.449 e. The number of piperazine rings is 1. The van der Waals surface area contributed by atoms with E-state index in [2.05, 4.69) is 6.92 Å². The molecule has 1 saturated heterocycles. The van der Waals surface area contributed by atoms with E-state index in [4.69, 9.17) is 22.7 Å². The Morgan fingerprint density at radius 3 is 2.76 bits per heavy atom. The predicted octanol–water partition coefficient (Wildman–Crippen LogP) is 1.17. The third-order valence-electron chi connectivity index (χ3n) is 2.90. The maximum absolute atomic E-state index is 11.8. The first-order valence-electron chi connectivity index (χ1n) is 6.04. The number of nitrogens with zero attached hydrogens (tertiary/aromatic N) is 2. The molecule has 1 fully saturated rings. The molecule has 0 bridgehead atoms. The summed E-state index contributed by atoms with van der Waals surface area (Å²) in [7, 11) is 0. The van der Waals surface area contributed by atoms with E-state index in [-0.39, 0.29) is 12.1 Å². The van der Waals surface area contributed by atoms with Crippen LogP contribution >= 0.6 is 12.2 Å². The molecule has 0 spiro atoms. The number of nitrogens with two attached hydrogens (primary N) is 1. The molecule has 6 heteroatoms. The molecule has 98 valence electrons. The van der Waals surface area contributed by atoms with Crippen molar-refractivity contribution in [3.05, 3.63) is 0 Å². The Labute approximate surface area is 108 Å². The molecule has 0 saturated carbocycles. The molecule has 1 heterocycles. The molecule has 1 atom stereocenters. The summed E-state index contributed by atoms with van der Waals surface area (Å²) in [5.41, 5.74) is 5.57. The fourth-order valence-corrected chi connectivity index (χ4v) is 1.98. The van der Waals surface area contributed by atoms with E-state index in [0.29, 0.717) is 31.4 Å². The van der Waals surface area contributed by atoms with E-state index in [9.17, 15) is 4.79 Å². The van der Waals surface area contributed by atoms with Crippen LogP contribution in [0.5, 0.6) is 0 Å². The van der Waals surface area contributed by atoms with Gasteiger partial charge in [-0.2, -0.15) is 0 Å². The number of thiocarbonyl (C=S) groups is 1. The zero-order chi connectivity index (χ0) is 12.8. The van der Waals surface area contributed by atoms with Gasteiger partial charge in [0.15, 0.2) is 5.11 Å². The van der Waals surface area contributed by atoms with Crippen LogP contribution in [0.4, 0.5) is 4.79 Å². The van der Waals surface area contributed by atoms with Gasteiger partial charge in [-0.1, -0.05) is 13.3 Å². The van der Waals surface area contributed by atoms with Crippen molar-refractivity contribution in [1.29, 1.82) is 0 Å². The van der Waals surface area contributed by atoms with Gasteiger partial charge in [0.1, 0.15) is 0 Å². The Balaban J connectivity index is 2.40. The Morgan fingerprint density at radius 1 is 1.53 bits per heavy atom. The number of rotatable bonds is 3. The lowest BCUT2D eigenvalue weighted by Crippen LogP contribution is -2.56. The number of hydrogen-bond acceptors (Lipinski definition) is 3. The summed E-state index contributed by atoms with van der Waals surface area (Å²) in [6.07, 6.45) is 1.71. The Hall–Kier alpha value is -1.04. The average molecular weight is 259 g/mol. The van der Waals surface area contributed by atoms with Gasteiger partial charge in [-0.15, -0.1) is 0 Å². The van der Waals surface area contributed by atoms with E-state index in [0.717, 1.165) is 12.8 Å². The van der Waals surface area contributed by atoms with Crippen LogP contribution in [0.1, 0.15) is 26.7 Å². The highest BCUT2D eigenvalue weighted by Crippen LogP contribution is 2.11. The van der Waals surface area contributed by atoms with E-state index < -0.39 is 0 Å². The lowest BCUT2D eigenvalue weighted by atomic mass is 10.2. The van der Waals surface area contributed by atoms with Crippen LogP contribution in [-0.2, 0) is 4.74 Å². The van der Waals surface area contributed by atoms with Gasteiger partial charge < -0.3 is 20.3 Å². The van der Waals surface area contributed by atoms with Crippen molar-refractivity contribution in [3.63, 3.8) is 0 Å². The topological polar surface area (TPSA) is 58.8 Å². The van der Waals surface area contributed by atoms with Crippen molar-refractivity contribution in [2.45, 2.75) is 32.7 Å². The fourth-order valence-electron chi connectivity index (χ4n) is 1.82. The molecule has 1 aliphatic heterocycles. The molecule has 1 amide bonds. The summed E-state index contributed by atoms with van der Waals surface area (Å²) in [6.45, 7) is 6.52. The summed E-state index contributed by atoms with van der Waals surface area (Å²) in [5, 5.41) is 0.399. The first-order chi connectivity index (χ1) is 8.06. The zero-order valence-corrected chi connectivity index (χ0v) is 11.3. The van der Waals surface area contributed by atoms with Gasteiger partial charge in [0.25, 0.3) is 0 Å². The summed E-state index contributed by atoms with van der Waals surface area (Å²) in [6, 6.07) is 0.0828. The molecule has 2 N–H and O–H groups in total. The first kappa shape index (κ1) is 14.0. The van der Waals surface area contributed by atoms with Crippen molar-refractivity contribution in [1.82, 2.24) is 9.80 Å². The molecule has 0 aliphatic carbocycles. The predicted molar refractivity (Wildman–Crippen MR) is 70.8 cm³/mol. The highest BCUT2D eigenvalue weighted by molar-refractivity contribution is 7.80. The second-order valence-corrected chi connectivity index (χ2v) is 4.71. The van der Waals surface area contributed by atoms with E-state index in [1.54, 1.807) is 4.90 Å². The zero-order valence-electron chi connectivity index (χ0n) is 10.5. The van der Waals surface area contributed by atoms with Gasteiger partial charge in [0.2, 0.25) is 0 Å². The number of carbonyl (C=O) groups excluding carboxylic acids is 1. The molecule has 17 heavy (non-hydrogen) atoms. The minimum absolute atomic E-state index is 0.0828. The van der Waals surface area contributed by atoms with E-state index in [1.807, 2.05) is 11.8 Å². The number of unbranched alkanes of at least 4 members (excludes halogenated alkanes) is 1. The number of carbonyl (C=O) groups is 1. The van der Waals surface area contributed by atoms with Crippen molar-refractivity contribution < 1.29 is 9.53 Å². The van der Waals surface area contributed by atoms with Crippen molar-refractivity contribution in [3.8, 4) is 0 Å². The van der Waals surface area contributed by atoms with Gasteiger partial charge in [-0.05, 0) is 25.6 Å². The van der Waals surface area contributed by atoms with Crippen molar-refractivity contribution in [2.75, 3.05) is 26.2 Å². The molecule has 1 aliphatic rings. The standard InChI is InChI=1S/C11H21N3O2S/c1-3-4-7-16-11(15)14-6-5-13(10(12)17)8-9(14)2/h9H,3-8H2,1-2H3,(H2,12,17). The highest BCUT2D eigenvalue weighted by atomic mass is 32.1. The van der Waals surface area contributed by atoms with Gasteiger partial charge in [-0.3, -0.25) is 0 Å². The average Bonchev–Trinajstić information content (AvgIpc) is 2.28. The van der Waals surface area contributed by atoms with Crippen LogP contribution in [-0.4, -0.2) is 53.3 Å². The van der Waals surface area contributed by atoms with Crippen molar-refractivity contribution in [2.24, 2.45) is 5.73 Å². The van der Waals surface area contributed by atoms with Crippen molar-refractivity contribution >= 4 is 23.4 Å². The lowest BCUT2D eigenvalue weighted by molar-refractivity contribution is 0.0663. The molecule has 0 aromatic heterocycles. The number of ether oxygens (including phenoxy) is 1. The molecular weight excluding hydrogens is 238 g/mol. The summed E-state index contributed by atoms with van der Waals surface area (Å²) >= 11 is 4.93. The van der Waals surface area contributed by atoms with Crippen LogP contribution < -0.4 is 5.73 Å². The maximum Gasteiger partial charge on any atom is 0.410 e. The van der Waals surface area contributed by atoms with Crippen LogP contribution in [0, 0.1) is 0 Å². The van der Waals surface area contributed by atoms with Crippen LogP contribution in [0.2, 0.25) is 0 Å². The minimum atomic E-state index is -0.228. The van der Waals surface area contributed by atoms with E-state index >= 15 is 0 Å². The summed E-state index contributed by atoms with van der Waals surface area (Å²) in [4.78, 5) is 15.4. The maximum atomic E-state index is 11.8. The second kappa shape index (κ2) is 6.64. The van der Waals surface area contributed by atoms with Crippen LogP contribution in [0.3, 0.4) is 0 Å². The molecule has 0 radical (unpaired) electrons. The molecule has 1 unspecified atom stereocenters. The normalized spacial score (nSPS) is 20.2. The minimum Gasteiger partial charge on any atom is -0.449 e. The summed E-state index contributed by atoms with van der Waals surface area (Å²) in [5.74, 6) is 0. The smallest absolute Gasteiger partial charge is 0.410 e. The molecular formula is C11H21N3O2S. The molecule has 1 rings (SSSR count).